The summed E-state index contributed by atoms with van der Waals surface area (Å²) in [4.78, 5) is 20.8. The second kappa shape index (κ2) is 5.81. The largest absolute Gasteiger partial charge is 0.586 e. The van der Waals surface area contributed by atoms with Gasteiger partial charge in [0.05, 0.1) is 5.39 Å². The Hall–Kier alpha value is -3.01. The molecule has 1 aliphatic rings. The molecule has 1 N–H and O–H groups in total. The predicted octanol–water partition coefficient (Wildman–Crippen LogP) is 3.03. The highest BCUT2D eigenvalue weighted by molar-refractivity contribution is 7.16. The average molecular weight is 365 g/mol. The quantitative estimate of drug-likeness (QED) is 0.765. The summed E-state index contributed by atoms with van der Waals surface area (Å²) in [5, 5.41) is 5.08. The van der Waals surface area contributed by atoms with Gasteiger partial charge in [-0.3, -0.25) is 4.79 Å². The Bertz CT molecular complexity index is 963. The SMILES string of the molecule is O=C(COc1ncnc2sccc12)Nc1ccc2c(c1)OC(F)(F)O2. The molecule has 128 valence electrons. The number of alkyl halides is 2. The van der Waals surface area contributed by atoms with Crippen molar-refractivity contribution in [3.05, 3.63) is 36.0 Å². The Balaban J connectivity index is 1.41. The molecule has 0 radical (unpaired) electrons. The van der Waals surface area contributed by atoms with E-state index in [1.54, 1.807) is 6.07 Å². The molecule has 3 heterocycles. The van der Waals surface area contributed by atoms with E-state index in [2.05, 4.69) is 24.8 Å². The van der Waals surface area contributed by atoms with E-state index in [0.29, 0.717) is 11.3 Å². The van der Waals surface area contributed by atoms with E-state index in [1.165, 1.54) is 35.9 Å². The highest BCUT2D eigenvalue weighted by atomic mass is 32.1. The van der Waals surface area contributed by atoms with E-state index in [0.717, 1.165) is 4.83 Å². The van der Waals surface area contributed by atoms with Gasteiger partial charge in [0.2, 0.25) is 5.88 Å². The van der Waals surface area contributed by atoms with E-state index in [1.807, 2.05) is 5.38 Å². The number of carbonyl (C=O) groups is 1. The topological polar surface area (TPSA) is 82.6 Å². The molecule has 0 bridgehead atoms. The summed E-state index contributed by atoms with van der Waals surface area (Å²) in [6.07, 6.45) is -2.35. The molecule has 1 aliphatic heterocycles. The van der Waals surface area contributed by atoms with Gasteiger partial charge in [0, 0.05) is 11.8 Å². The first kappa shape index (κ1) is 15.5. The van der Waals surface area contributed by atoms with Crippen LogP contribution in [0.5, 0.6) is 17.4 Å². The number of amides is 1. The van der Waals surface area contributed by atoms with Crippen molar-refractivity contribution < 1.29 is 27.8 Å². The molecule has 1 amide bonds. The van der Waals surface area contributed by atoms with E-state index in [9.17, 15) is 13.6 Å². The molecule has 0 saturated heterocycles. The molecule has 1 aromatic carbocycles. The molecule has 0 unspecified atom stereocenters. The van der Waals surface area contributed by atoms with Gasteiger partial charge < -0.3 is 19.5 Å². The van der Waals surface area contributed by atoms with E-state index >= 15 is 0 Å². The van der Waals surface area contributed by atoms with E-state index in [-0.39, 0.29) is 23.8 Å². The number of carbonyl (C=O) groups excluding carboxylic acids is 1. The molecular formula is C15H9F2N3O4S. The molecule has 4 rings (SSSR count). The fourth-order valence-corrected chi connectivity index (χ4v) is 2.96. The lowest BCUT2D eigenvalue weighted by Crippen LogP contribution is -2.25. The lowest BCUT2D eigenvalue weighted by atomic mass is 10.3. The number of nitrogens with zero attached hydrogens (tertiary/aromatic N) is 2. The van der Waals surface area contributed by atoms with Crippen molar-refractivity contribution in [1.82, 2.24) is 9.97 Å². The monoisotopic (exact) mass is 365 g/mol. The molecule has 0 fully saturated rings. The van der Waals surface area contributed by atoms with Crippen molar-refractivity contribution in [3.8, 4) is 17.4 Å². The normalized spacial score (nSPS) is 14.5. The fourth-order valence-electron chi connectivity index (χ4n) is 2.24. The molecule has 3 aromatic rings. The molecule has 0 atom stereocenters. The molecule has 0 spiro atoms. The highest BCUT2D eigenvalue weighted by Crippen LogP contribution is 2.42. The number of hydrogen-bond donors (Lipinski definition) is 1. The van der Waals surface area contributed by atoms with Crippen LogP contribution in [0.4, 0.5) is 14.5 Å². The number of benzene rings is 1. The number of halogens is 2. The van der Waals surface area contributed by atoms with Crippen LogP contribution in [-0.2, 0) is 4.79 Å². The van der Waals surface area contributed by atoms with Gasteiger partial charge in [-0.05, 0) is 23.6 Å². The van der Waals surface area contributed by atoms with Crippen LogP contribution in [0.1, 0.15) is 0 Å². The summed E-state index contributed by atoms with van der Waals surface area (Å²) in [5.74, 6) is -0.432. The van der Waals surface area contributed by atoms with Gasteiger partial charge in [0.1, 0.15) is 11.2 Å². The highest BCUT2D eigenvalue weighted by Gasteiger charge is 2.43. The van der Waals surface area contributed by atoms with Crippen LogP contribution in [-0.4, -0.2) is 28.8 Å². The third kappa shape index (κ3) is 3.15. The first-order chi connectivity index (χ1) is 12.0. The summed E-state index contributed by atoms with van der Waals surface area (Å²) in [7, 11) is 0. The van der Waals surface area contributed by atoms with Crippen LogP contribution in [0.3, 0.4) is 0 Å². The van der Waals surface area contributed by atoms with Crippen LogP contribution in [0.2, 0.25) is 0 Å². The summed E-state index contributed by atoms with van der Waals surface area (Å²) < 4.78 is 40.0. The summed E-state index contributed by atoms with van der Waals surface area (Å²) in [6, 6.07) is 5.75. The lowest BCUT2D eigenvalue weighted by Gasteiger charge is -2.08. The van der Waals surface area contributed by atoms with Crippen LogP contribution < -0.4 is 19.5 Å². The van der Waals surface area contributed by atoms with Gasteiger partial charge in [-0.1, -0.05) is 0 Å². The van der Waals surface area contributed by atoms with Crippen molar-refractivity contribution in [2.45, 2.75) is 6.29 Å². The second-order valence-corrected chi connectivity index (χ2v) is 5.88. The third-order valence-electron chi connectivity index (χ3n) is 3.25. The summed E-state index contributed by atoms with van der Waals surface area (Å²) >= 11 is 1.43. The first-order valence-corrected chi connectivity index (χ1v) is 7.89. The lowest BCUT2D eigenvalue weighted by molar-refractivity contribution is -0.286. The van der Waals surface area contributed by atoms with Gasteiger partial charge in [0.15, 0.2) is 18.1 Å². The van der Waals surface area contributed by atoms with Gasteiger partial charge in [-0.25, -0.2) is 9.97 Å². The smallest absolute Gasteiger partial charge is 0.467 e. The molecular weight excluding hydrogens is 356 g/mol. The predicted molar refractivity (Wildman–Crippen MR) is 84.2 cm³/mol. The maximum absolute atomic E-state index is 13.0. The maximum Gasteiger partial charge on any atom is 0.586 e. The van der Waals surface area contributed by atoms with Crippen molar-refractivity contribution >= 4 is 33.1 Å². The van der Waals surface area contributed by atoms with Crippen molar-refractivity contribution in [2.24, 2.45) is 0 Å². The van der Waals surface area contributed by atoms with Gasteiger partial charge >= 0.3 is 6.29 Å². The molecule has 25 heavy (non-hydrogen) atoms. The van der Waals surface area contributed by atoms with Gasteiger partial charge in [-0.15, -0.1) is 20.1 Å². The molecule has 0 saturated carbocycles. The fraction of sp³-hybridized carbons (Fsp3) is 0.133. The van der Waals surface area contributed by atoms with Crippen LogP contribution in [0, 0.1) is 0 Å². The zero-order valence-electron chi connectivity index (χ0n) is 12.4. The molecule has 0 aliphatic carbocycles. The maximum atomic E-state index is 13.0. The summed E-state index contributed by atoms with van der Waals surface area (Å²) in [5.41, 5.74) is 0.275. The minimum Gasteiger partial charge on any atom is -0.467 e. The number of fused-ring (bicyclic) bond motifs is 2. The van der Waals surface area contributed by atoms with Gasteiger partial charge in [-0.2, -0.15) is 0 Å². The Kier molecular flexibility index (Phi) is 3.61. The minimum atomic E-state index is -3.70. The van der Waals surface area contributed by atoms with E-state index < -0.39 is 12.2 Å². The first-order valence-electron chi connectivity index (χ1n) is 7.01. The Labute approximate surface area is 143 Å². The van der Waals surface area contributed by atoms with E-state index in [4.69, 9.17) is 4.74 Å². The van der Waals surface area contributed by atoms with Crippen LogP contribution >= 0.6 is 11.3 Å². The zero-order chi connectivity index (χ0) is 17.4. The molecule has 7 nitrogen and oxygen atoms in total. The number of ether oxygens (including phenoxy) is 3. The number of nitrogens with one attached hydrogen (secondary N) is 1. The Morgan fingerprint density at radius 1 is 1.24 bits per heavy atom. The molecule has 2 aromatic heterocycles. The van der Waals surface area contributed by atoms with Crippen molar-refractivity contribution in [1.29, 1.82) is 0 Å². The Morgan fingerprint density at radius 3 is 2.96 bits per heavy atom. The minimum absolute atomic E-state index is 0.0971. The zero-order valence-corrected chi connectivity index (χ0v) is 13.2. The number of rotatable bonds is 4. The average Bonchev–Trinajstić information content (AvgIpc) is 3.15. The van der Waals surface area contributed by atoms with Gasteiger partial charge in [0.25, 0.3) is 5.91 Å². The number of thiophene rings is 1. The van der Waals surface area contributed by atoms with Crippen LogP contribution in [0.15, 0.2) is 36.0 Å². The Morgan fingerprint density at radius 2 is 2.08 bits per heavy atom. The van der Waals surface area contributed by atoms with Crippen molar-refractivity contribution in [2.75, 3.05) is 11.9 Å². The van der Waals surface area contributed by atoms with Crippen molar-refractivity contribution in [3.63, 3.8) is 0 Å². The third-order valence-corrected chi connectivity index (χ3v) is 4.07. The standard InChI is InChI=1S/C15H9F2N3O4S/c16-15(17)23-10-2-1-8(5-11(10)24-15)20-12(21)6-22-13-9-3-4-25-14(9)19-7-18-13/h1-5,7H,6H2,(H,20,21). The number of hydrogen-bond acceptors (Lipinski definition) is 7. The summed E-state index contributed by atoms with van der Waals surface area (Å²) in [6.45, 7) is -0.299. The number of anilines is 1. The van der Waals surface area contributed by atoms with Crippen LogP contribution in [0.25, 0.3) is 10.2 Å². The molecule has 10 heteroatoms. The number of aromatic nitrogens is 2. The second-order valence-electron chi connectivity index (χ2n) is 4.98.